The van der Waals surface area contributed by atoms with Crippen LogP contribution in [0.4, 0.5) is 0 Å². The van der Waals surface area contributed by atoms with Gasteiger partial charge in [-0.15, -0.1) is 0 Å². The van der Waals surface area contributed by atoms with Crippen molar-refractivity contribution in [2.75, 3.05) is 13.1 Å². The Morgan fingerprint density at radius 2 is 1.93 bits per heavy atom. The molecule has 0 aromatic heterocycles. The molecule has 1 unspecified atom stereocenters. The standard InChI is InChI=1S/C13H17NO/c15-12-4-2-1-3-10(12)11-9-13(11)5-7-14-8-6-13/h1-4,11,14-15H,5-9H2. The van der Waals surface area contributed by atoms with Crippen molar-refractivity contribution in [1.29, 1.82) is 0 Å². The first-order valence-electron chi connectivity index (χ1n) is 5.80. The Morgan fingerprint density at radius 1 is 1.20 bits per heavy atom. The van der Waals surface area contributed by atoms with Gasteiger partial charge in [-0.3, -0.25) is 0 Å². The zero-order valence-electron chi connectivity index (χ0n) is 8.87. The van der Waals surface area contributed by atoms with Crippen molar-refractivity contribution < 1.29 is 5.11 Å². The Balaban J connectivity index is 1.84. The number of rotatable bonds is 1. The van der Waals surface area contributed by atoms with Crippen molar-refractivity contribution in [3.8, 4) is 5.75 Å². The molecular weight excluding hydrogens is 186 g/mol. The summed E-state index contributed by atoms with van der Waals surface area (Å²) in [7, 11) is 0. The number of piperidine rings is 1. The maximum atomic E-state index is 9.82. The smallest absolute Gasteiger partial charge is 0.119 e. The second-order valence-electron chi connectivity index (χ2n) is 4.93. The lowest BCUT2D eigenvalue weighted by Gasteiger charge is -2.23. The van der Waals surface area contributed by atoms with Gasteiger partial charge >= 0.3 is 0 Å². The van der Waals surface area contributed by atoms with Crippen LogP contribution in [-0.2, 0) is 0 Å². The minimum absolute atomic E-state index is 0.484. The minimum Gasteiger partial charge on any atom is -0.508 e. The van der Waals surface area contributed by atoms with Crippen molar-refractivity contribution in [2.45, 2.75) is 25.2 Å². The van der Waals surface area contributed by atoms with Crippen molar-refractivity contribution in [3.05, 3.63) is 29.8 Å². The average molecular weight is 203 g/mol. The van der Waals surface area contributed by atoms with E-state index in [1.165, 1.54) is 24.8 Å². The molecule has 1 aliphatic heterocycles. The van der Waals surface area contributed by atoms with Crippen molar-refractivity contribution in [2.24, 2.45) is 5.41 Å². The Bertz CT molecular complexity index is 369. The highest BCUT2D eigenvalue weighted by atomic mass is 16.3. The van der Waals surface area contributed by atoms with E-state index in [2.05, 4.69) is 11.4 Å². The van der Waals surface area contributed by atoms with Gasteiger partial charge in [0.25, 0.3) is 0 Å². The molecule has 1 aliphatic carbocycles. The van der Waals surface area contributed by atoms with Crippen LogP contribution in [0.25, 0.3) is 0 Å². The first-order valence-corrected chi connectivity index (χ1v) is 5.80. The summed E-state index contributed by atoms with van der Waals surface area (Å²) in [6.07, 6.45) is 3.81. The van der Waals surface area contributed by atoms with Gasteiger partial charge in [-0.25, -0.2) is 0 Å². The van der Waals surface area contributed by atoms with Crippen LogP contribution >= 0.6 is 0 Å². The molecule has 1 spiro atoms. The first-order chi connectivity index (χ1) is 7.32. The lowest BCUT2D eigenvalue weighted by molar-refractivity contribution is 0.340. The van der Waals surface area contributed by atoms with E-state index in [1.807, 2.05) is 18.2 Å². The van der Waals surface area contributed by atoms with Gasteiger partial charge in [0.1, 0.15) is 5.75 Å². The summed E-state index contributed by atoms with van der Waals surface area (Å²) >= 11 is 0. The monoisotopic (exact) mass is 203 g/mol. The summed E-state index contributed by atoms with van der Waals surface area (Å²) in [4.78, 5) is 0. The van der Waals surface area contributed by atoms with Gasteiger partial charge in [0.15, 0.2) is 0 Å². The normalized spacial score (nSPS) is 27.9. The average Bonchev–Trinajstić information content (AvgIpc) is 2.94. The van der Waals surface area contributed by atoms with E-state index in [0.717, 1.165) is 13.1 Å². The van der Waals surface area contributed by atoms with Gasteiger partial charge < -0.3 is 10.4 Å². The van der Waals surface area contributed by atoms with E-state index >= 15 is 0 Å². The van der Waals surface area contributed by atoms with E-state index < -0.39 is 0 Å². The van der Waals surface area contributed by atoms with E-state index in [0.29, 0.717) is 17.1 Å². The molecule has 1 atom stereocenters. The van der Waals surface area contributed by atoms with Crippen LogP contribution in [0.3, 0.4) is 0 Å². The molecular formula is C13H17NO. The predicted octanol–water partition coefficient (Wildman–Crippen LogP) is 2.25. The highest BCUT2D eigenvalue weighted by molar-refractivity contribution is 5.40. The van der Waals surface area contributed by atoms with Gasteiger partial charge in [-0.05, 0) is 55.3 Å². The molecule has 0 amide bonds. The van der Waals surface area contributed by atoms with E-state index in [-0.39, 0.29) is 0 Å². The molecule has 1 saturated heterocycles. The molecule has 0 radical (unpaired) electrons. The van der Waals surface area contributed by atoms with Crippen LogP contribution in [0.2, 0.25) is 0 Å². The van der Waals surface area contributed by atoms with E-state index in [9.17, 15) is 5.11 Å². The Morgan fingerprint density at radius 3 is 2.67 bits per heavy atom. The fourth-order valence-electron chi connectivity index (χ4n) is 3.05. The number of hydrogen-bond acceptors (Lipinski definition) is 2. The number of aromatic hydroxyl groups is 1. The van der Waals surface area contributed by atoms with Crippen LogP contribution < -0.4 is 5.32 Å². The maximum absolute atomic E-state index is 9.82. The number of para-hydroxylation sites is 1. The zero-order valence-corrected chi connectivity index (χ0v) is 8.87. The van der Waals surface area contributed by atoms with Gasteiger partial charge in [-0.2, -0.15) is 0 Å². The quantitative estimate of drug-likeness (QED) is 0.733. The van der Waals surface area contributed by atoms with Gasteiger partial charge in [-0.1, -0.05) is 18.2 Å². The maximum Gasteiger partial charge on any atom is 0.119 e. The lowest BCUT2D eigenvalue weighted by Crippen LogP contribution is -2.29. The zero-order chi connectivity index (χ0) is 10.3. The Hall–Kier alpha value is -1.02. The largest absolute Gasteiger partial charge is 0.508 e. The molecule has 1 aromatic rings. The van der Waals surface area contributed by atoms with Crippen molar-refractivity contribution >= 4 is 0 Å². The second-order valence-corrected chi connectivity index (χ2v) is 4.93. The van der Waals surface area contributed by atoms with Crippen LogP contribution in [0.5, 0.6) is 5.75 Å². The molecule has 0 bridgehead atoms. The molecule has 2 fully saturated rings. The van der Waals surface area contributed by atoms with E-state index in [1.54, 1.807) is 0 Å². The second kappa shape index (κ2) is 3.24. The topological polar surface area (TPSA) is 32.3 Å². The summed E-state index contributed by atoms with van der Waals surface area (Å²) in [6.45, 7) is 2.29. The van der Waals surface area contributed by atoms with E-state index in [4.69, 9.17) is 0 Å². The third kappa shape index (κ3) is 1.44. The molecule has 2 heteroatoms. The number of benzene rings is 1. The summed E-state index contributed by atoms with van der Waals surface area (Å²) in [5.74, 6) is 1.10. The third-order valence-corrected chi connectivity index (χ3v) is 4.10. The molecule has 2 N–H and O–H groups in total. The first kappa shape index (κ1) is 9.22. The number of phenols is 1. The number of phenolic OH excluding ortho intramolecular Hbond substituents is 1. The summed E-state index contributed by atoms with van der Waals surface area (Å²) < 4.78 is 0. The molecule has 1 heterocycles. The van der Waals surface area contributed by atoms with Gasteiger partial charge in [0.05, 0.1) is 0 Å². The Labute approximate surface area is 90.3 Å². The summed E-state index contributed by atoms with van der Waals surface area (Å²) in [5.41, 5.74) is 1.68. The number of hydrogen-bond donors (Lipinski definition) is 2. The van der Waals surface area contributed by atoms with Crippen molar-refractivity contribution in [3.63, 3.8) is 0 Å². The van der Waals surface area contributed by atoms with Crippen molar-refractivity contribution in [1.82, 2.24) is 5.32 Å². The van der Waals surface area contributed by atoms with Gasteiger partial charge in [0.2, 0.25) is 0 Å². The minimum atomic E-state index is 0.484. The SMILES string of the molecule is Oc1ccccc1C1CC12CCNCC2. The van der Waals surface area contributed by atoms with Gasteiger partial charge in [0, 0.05) is 0 Å². The predicted molar refractivity (Wildman–Crippen MR) is 60.0 cm³/mol. The molecule has 2 aliphatic rings. The number of nitrogens with one attached hydrogen (secondary N) is 1. The van der Waals surface area contributed by atoms with Crippen LogP contribution in [0.1, 0.15) is 30.7 Å². The third-order valence-electron chi connectivity index (χ3n) is 4.10. The highest BCUT2D eigenvalue weighted by Crippen LogP contribution is 2.65. The fourth-order valence-corrected chi connectivity index (χ4v) is 3.05. The summed E-state index contributed by atoms with van der Waals surface area (Å²) in [5, 5.41) is 13.2. The van der Waals surface area contributed by atoms with Crippen LogP contribution in [0, 0.1) is 5.41 Å². The molecule has 80 valence electrons. The lowest BCUT2D eigenvalue weighted by atomic mass is 9.89. The molecule has 3 rings (SSSR count). The molecule has 2 nitrogen and oxygen atoms in total. The summed E-state index contributed by atoms with van der Waals surface area (Å²) in [6, 6.07) is 7.82. The Kier molecular flexibility index (Phi) is 1.99. The molecule has 1 aromatic carbocycles. The fraction of sp³-hybridized carbons (Fsp3) is 0.538. The molecule has 15 heavy (non-hydrogen) atoms. The highest BCUT2D eigenvalue weighted by Gasteiger charge is 2.54. The van der Waals surface area contributed by atoms with Crippen LogP contribution in [0.15, 0.2) is 24.3 Å². The van der Waals surface area contributed by atoms with Crippen LogP contribution in [-0.4, -0.2) is 18.2 Å². The molecule has 1 saturated carbocycles.